The summed E-state index contributed by atoms with van der Waals surface area (Å²) >= 11 is 0. The van der Waals surface area contributed by atoms with Crippen LogP contribution in [0.15, 0.2) is 30.3 Å². The summed E-state index contributed by atoms with van der Waals surface area (Å²) in [5.41, 5.74) is 0.900. The molecule has 0 spiro atoms. The van der Waals surface area contributed by atoms with Gasteiger partial charge < -0.3 is 4.74 Å². The van der Waals surface area contributed by atoms with Crippen molar-refractivity contribution in [3.63, 3.8) is 0 Å². The molecule has 0 aliphatic heterocycles. The maximum absolute atomic E-state index is 11.2. The highest BCUT2D eigenvalue weighted by atomic mass is 16.5. The first kappa shape index (κ1) is 10.7. The number of ether oxygens (including phenoxy) is 1. The Hall–Kier alpha value is -1.84. The molecule has 0 saturated heterocycles. The van der Waals surface area contributed by atoms with Gasteiger partial charge in [0.15, 0.2) is 0 Å². The van der Waals surface area contributed by atoms with Crippen molar-refractivity contribution in [3.8, 4) is 0 Å². The molecule has 1 aliphatic rings. The molecule has 1 fully saturated rings. The fraction of sp³-hybridized carbons (Fsp3) is 0.333. The molecule has 0 bridgehead atoms. The highest BCUT2D eigenvalue weighted by molar-refractivity contribution is 5.94. The molecule has 0 radical (unpaired) electrons. The number of amides is 2. The number of rotatable bonds is 3. The lowest BCUT2D eigenvalue weighted by atomic mass is 10.2. The van der Waals surface area contributed by atoms with Crippen molar-refractivity contribution in [2.24, 2.45) is 5.92 Å². The molecule has 4 nitrogen and oxygen atoms in total. The van der Waals surface area contributed by atoms with E-state index in [1.54, 1.807) is 0 Å². The number of imide groups is 1. The van der Waals surface area contributed by atoms with Crippen molar-refractivity contribution < 1.29 is 14.3 Å². The zero-order valence-electron chi connectivity index (χ0n) is 8.81. The predicted molar refractivity (Wildman–Crippen MR) is 57.5 cm³/mol. The first-order chi connectivity index (χ1) is 7.75. The van der Waals surface area contributed by atoms with E-state index in [9.17, 15) is 9.59 Å². The van der Waals surface area contributed by atoms with Gasteiger partial charge in [-0.15, -0.1) is 0 Å². The molecule has 4 heteroatoms. The highest BCUT2D eigenvalue weighted by Crippen LogP contribution is 2.28. The van der Waals surface area contributed by atoms with Crippen LogP contribution in [0, 0.1) is 5.92 Å². The molecule has 16 heavy (non-hydrogen) atoms. The Morgan fingerprint density at radius 2 is 1.94 bits per heavy atom. The molecule has 1 N–H and O–H groups in total. The Kier molecular flexibility index (Phi) is 3.19. The highest BCUT2D eigenvalue weighted by Gasteiger charge is 2.30. The van der Waals surface area contributed by atoms with Crippen LogP contribution in [0.1, 0.15) is 18.4 Å². The molecule has 0 heterocycles. The lowest BCUT2D eigenvalue weighted by Crippen LogP contribution is -2.32. The molecule has 0 atom stereocenters. The summed E-state index contributed by atoms with van der Waals surface area (Å²) in [6.45, 7) is 0.185. The van der Waals surface area contributed by atoms with Gasteiger partial charge in [0.25, 0.3) is 0 Å². The van der Waals surface area contributed by atoms with Gasteiger partial charge in [-0.05, 0) is 18.4 Å². The van der Waals surface area contributed by atoms with Gasteiger partial charge in [-0.2, -0.15) is 0 Å². The van der Waals surface area contributed by atoms with Crippen molar-refractivity contribution in [2.75, 3.05) is 0 Å². The van der Waals surface area contributed by atoms with Crippen molar-refractivity contribution in [2.45, 2.75) is 19.4 Å². The van der Waals surface area contributed by atoms with Crippen molar-refractivity contribution in [1.29, 1.82) is 0 Å². The number of carbonyl (C=O) groups is 2. The lowest BCUT2D eigenvalue weighted by Gasteiger charge is -2.05. The molecule has 0 unspecified atom stereocenters. The van der Waals surface area contributed by atoms with E-state index in [2.05, 4.69) is 5.32 Å². The van der Waals surface area contributed by atoms with Gasteiger partial charge >= 0.3 is 6.09 Å². The topological polar surface area (TPSA) is 55.4 Å². The number of hydrogen-bond acceptors (Lipinski definition) is 3. The van der Waals surface area contributed by atoms with E-state index in [0.717, 1.165) is 18.4 Å². The third kappa shape index (κ3) is 3.08. The molecule has 84 valence electrons. The maximum Gasteiger partial charge on any atom is 0.414 e. The molecular weight excluding hydrogens is 206 g/mol. The molecule has 2 amide bonds. The standard InChI is InChI=1S/C12H13NO3/c14-11(10-6-7-10)13-12(15)16-8-9-4-2-1-3-5-9/h1-5,10H,6-8H2,(H,13,14,15). The summed E-state index contributed by atoms with van der Waals surface area (Å²) in [4.78, 5) is 22.4. The predicted octanol–water partition coefficient (Wildman–Crippen LogP) is 1.85. The summed E-state index contributed by atoms with van der Waals surface area (Å²) in [7, 11) is 0. The Bertz CT molecular complexity index is 385. The Morgan fingerprint density at radius 3 is 2.56 bits per heavy atom. The van der Waals surface area contributed by atoms with E-state index in [-0.39, 0.29) is 18.4 Å². The fourth-order valence-corrected chi connectivity index (χ4v) is 1.31. The van der Waals surface area contributed by atoms with Crippen LogP contribution in [0.5, 0.6) is 0 Å². The average molecular weight is 219 g/mol. The molecule has 1 aromatic carbocycles. The van der Waals surface area contributed by atoms with Gasteiger partial charge in [-0.1, -0.05) is 30.3 Å². The van der Waals surface area contributed by atoms with Crippen LogP contribution in [0.2, 0.25) is 0 Å². The molecular formula is C12H13NO3. The van der Waals surface area contributed by atoms with E-state index in [1.807, 2.05) is 30.3 Å². The number of carbonyl (C=O) groups excluding carboxylic acids is 2. The van der Waals surface area contributed by atoms with Crippen molar-refractivity contribution >= 4 is 12.0 Å². The Morgan fingerprint density at radius 1 is 1.25 bits per heavy atom. The van der Waals surface area contributed by atoms with Crippen molar-refractivity contribution in [1.82, 2.24) is 5.32 Å². The van der Waals surface area contributed by atoms with E-state index >= 15 is 0 Å². The van der Waals surface area contributed by atoms with Crippen LogP contribution < -0.4 is 5.32 Å². The van der Waals surface area contributed by atoms with Gasteiger partial charge in [0.1, 0.15) is 6.61 Å². The summed E-state index contributed by atoms with van der Waals surface area (Å²) in [6.07, 6.45) is 1.08. The smallest absolute Gasteiger partial charge is 0.414 e. The van der Waals surface area contributed by atoms with Gasteiger partial charge in [0.05, 0.1) is 0 Å². The SMILES string of the molecule is O=C(NC(=O)C1CC1)OCc1ccccc1. The fourth-order valence-electron chi connectivity index (χ4n) is 1.31. The van der Waals surface area contributed by atoms with E-state index in [1.165, 1.54) is 0 Å². The number of nitrogens with one attached hydrogen (secondary N) is 1. The third-order valence-electron chi connectivity index (χ3n) is 2.39. The van der Waals surface area contributed by atoms with Crippen LogP contribution in [0.25, 0.3) is 0 Å². The largest absolute Gasteiger partial charge is 0.444 e. The summed E-state index contributed by atoms with van der Waals surface area (Å²) in [6, 6.07) is 9.34. The normalized spacial score (nSPS) is 14.2. The zero-order chi connectivity index (χ0) is 11.4. The van der Waals surface area contributed by atoms with Gasteiger partial charge in [-0.25, -0.2) is 4.79 Å². The minimum atomic E-state index is -0.666. The molecule has 2 rings (SSSR count). The van der Waals surface area contributed by atoms with Gasteiger partial charge in [0, 0.05) is 5.92 Å². The Labute approximate surface area is 93.6 Å². The number of alkyl carbamates (subject to hydrolysis) is 1. The van der Waals surface area contributed by atoms with Crippen LogP contribution in [0.3, 0.4) is 0 Å². The zero-order valence-corrected chi connectivity index (χ0v) is 8.81. The monoisotopic (exact) mass is 219 g/mol. The minimum Gasteiger partial charge on any atom is -0.444 e. The molecule has 1 aromatic rings. The number of benzene rings is 1. The van der Waals surface area contributed by atoms with Gasteiger partial charge in [0.2, 0.25) is 5.91 Å². The van der Waals surface area contributed by atoms with Crippen molar-refractivity contribution in [3.05, 3.63) is 35.9 Å². The average Bonchev–Trinajstić information content (AvgIpc) is 3.11. The maximum atomic E-state index is 11.2. The van der Waals surface area contributed by atoms with E-state index in [4.69, 9.17) is 4.74 Å². The molecule has 1 aliphatic carbocycles. The quantitative estimate of drug-likeness (QED) is 0.844. The van der Waals surface area contributed by atoms with E-state index < -0.39 is 6.09 Å². The van der Waals surface area contributed by atoms with E-state index in [0.29, 0.717) is 0 Å². The summed E-state index contributed by atoms with van der Waals surface area (Å²) in [5.74, 6) is -0.206. The Balaban J connectivity index is 1.73. The molecule has 0 aromatic heterocycles. The van der Waals surface area contributed by atoms with Crippen LogP contribution in [-0.2, 0) is 16.1 Å². The second-order valence-electron chi connectivity index (χ2n) is 3.83. The van der Waals surface area contributed by atoms with Crippen LogP contribution >= 0.6 is 0 Å². The second kappa shape index (κ2) is 4.79. The minimum absolute atomic E-state index is 0.0178. The second-order valence-corrected chi connectivity index (χ2v) is 3.83. The number of hydrogen-bond donors (Lipinski definition) is 1. The van der Waals surface area contributed by atoms with Crippen LogP contribution in [0.4, 0.5) is 4.79 Å². The third-order valence-corrected chi connectivity index (χ3v) is 2.39. The summed E-state index contributed by atoms with van der Waals surface area (Å²) < 4.78 is 4.91. The van der Waals surface area contributed by atoms with Gasteiger partial charge in [-0.3, -0.25) is 10.1 Å². The summed E-state index contributed by atoms with van der Waals surface area (Å²) in [5, 5.41) is 2.21. The van der Waals surface area contributed by atoms with Crippen LogP contribution in [-0.4, -0.2) is 12.0 Å². The first-order valence-corrected chi connectivity index (χ1v) is 5.27. The molecule has 1 saturated carbocycles. The first-order valence-electron chi connectivity index (χ1n) is 5.27. The lowest BCUT2D eigenvalue weighted by molar-refractivity contribution is -0.121.